The average Bonchev–Trinajstić information content (AvgIpc) is 3.08. The van der Waals surface area contributed by atoms with E-state index in [-0.39, 0.29) is 17.9 Å². The standard InChI is InChI=1S/C19H28N4O2/c1-12-10-13(2)23(20-12)11-17-8-6-7-9-22(17)19(24)14(3)18-15(4)21-25-16(18)5/h10,14,17H,6-9,11H2,1-5H3/t14-,17+/m1/s1. The molecule has 25 heavy (non-hydrogen) atoms. The van der Waals surface area contributed by atoms with Crippen LogP contribution in [-0.4, -0.2) is 38.3 Å². The van der Waals surface area contributed by atoms with Gasteiger partial charge < -0.3 is 9.42 Å². The highest BCUT2D eigenvalue weighted by molar-refractivity contribution is 5.84. The van der Waals surface area contributed by atoms with Gasteiger partial charge in [-0.1, -0.05) is 5.16 Å². The lowest BCUT2D eigenvalue weighted by Gasteiger charge is -2.37. The van der Waals surface area contributed by atoms with E-state index in [1.54, 1.807) is 0 Å². The Bertz CT molecular complexity index is 742. The highest BCUT2D eigenvalue weighted by atomic mass is 16.5. The maximum Gasteiger partial charge on any atom is 0.230 e. The van der Waals surface area contributed by atoms with Gasteiger partial charge in [0.1, 0.15) is 5.76 Å². The summed E-state index contributed by atoms with van der Waals surface area (Å²) in [5.41, 5.74) is 3.91. The molecule has 2 aromatic heterocycles. The van der Waals surface area contributed by atoms with Crippen molar-refractivity contribution < 1.29 is 9.32 Å². The Hall–Kier alpha value is -2.11. The fraction of sp³-hybridized carbons (Fsp3) is 0.632. The molecule has 0 bridgehead atoms. The van der Waals surface area contributed by atoms with Crippen LogP contribution in [0.4, 0.5) is 0 Å². The zero-order valence-electron chi connectivity index (χ0n) is 15.9. The number of carbonyl (C=O) groups excluding carboxylic acids is 1. The van der Waals surface area contributed by atoms with Gasteiger partial charge in [-0.15, -0.1) is 0 Å². The van der Waals surface area contributed by atoms with Crippen LogP contribution in [0.2, 0.25) is 0 Å². The third-order valence-electron chi connectivity index (χ3n) is 5.29. The number of hydrogen-bond acceptors (Lipinski definition) is 4. The summed E-state index contributed by atoms with van der Waals surface area (Å²) in [6.07, 6.45) is 3.25. The first-order valence-electron chi connectivity index (χ1n) is 9.12. The number of piperidine rings is 1. The van der Waals surface area contributed by atoms with E-state index >= 15 is 0 Å². The molecule has 0 radical (unpaired) electrons. The van der Waals surface area contributed by atoms with Gasteiger partial charge in [0.15, 0.2) is 0 Å². The van der Waals surface area contributed by atoms with Crippen molar-refractivity contribution in [2.75, 3.05) is 6.54 Å². The van der Waals surface area contributed by atoms with E-state index in [0.717, 1.165) is 60.8 Å². The molecule has 2 aromatic rings. The lowest BCUT2D eigenvalue weighted by atomic mass is 9.94. The summed E-state index contributed by atoms with van der Waals surface area (Å²) in [5.74, 6) is 0.679. The Labute approximate surface area is 149 Å². The summed E-state index contributed by atoms with van der Waals surface area (Å²) in [5, 5.41) is 8.58. The molecule has 0 N–H and O–H groups in total. The van der Waals surface area contributed by atoms with Gasteiger partial charge in [0.05, 0.1) is 29.9 Å². The minimum Gasteiger partial charge on any atom is -0.361 e. The maximum absolute atomic E-state index is 13.2. The van der Waals surface area contributed by atoms with E-state index in [4.69, 9.17) is 4.52 Å². The molecule has 6 heteroatoms. The van der Waals surface area contributed by atoms with E-state index < -0.39 is 0 Å². The molecular formula is C19H28N4O2. The second-order valence-electron chi connectivity index (χ2n) is 7.25. The first-order valence-corrected chi connectivity index (χ1v) is 9.12. The highest BCUT2D eigenvalue weighted by Crippen LogP contribution is 2.28. The normalized spacial score (nSPS) is 19.2. The Morgan fingerprint density at radius 1 is 1.32 bits per heavy atom. The minimum atomic E-state index is -0.229. The van der Waals surface area contributed by atoms with Crippen molar-refractivity contribution in [2.45, 2.75) is 72.4 Å². The van der Waals surface area contributed by atoms with Gasteiger partial charge in [-0.25, -0.2) is 0 Å². The van der Waals surface area contributed by atoms with Gasteiger partial charge in [-0.05, 0) is 59.9 Å². The first kappa shape index (κ1) is 17.7. The second-order valence-corrected chi connectivity index (χ2v) is 7.25. The zero-order chi connectivity index (χ0) is 18.1. The summed E-state index contributed by atoms with van der Waals surface area (Å²) in [6, 6.07) is 2.28. The summed E-state index contributed by atoms with van der Waals surface area (Å²) < 4.78 is 7.29. The second kappa shape index (κ2) is 7.02. The van der Waals surface area contributed by atoms with Crippen LogP contribution in [0.25, 0.3) is 0 Å². The summed E-state index contributed by atoms with van der Waals surface area (Å²) in [4.78, 5) is 15.3. The van der Waals surface area contributed by atoms with Crippen LogP contribution in [0.5, 0.6) is 0 Å². The lowest BCUT2D eigenvalue weighted by Crippen LogP contribution is -2.47. The Kier molecular flexibility index (Phi) is 4.97. The number of carbonyl (C=O) groups is 1. The Morgan fingerprint density at radius 2 is 2.08 bits per heavy atom. The molecule has 0 spiro atoms. The molecule has 0 aliphatic carbocycles. The molecule has 2 atom stereocenters. The van der Waals surface area contributed by atoms with E-state index in [1.807, 2.05) is 32.4 Å². The van der Waals surface area contributed by atoms with Gasteiger partial charge in [0.25, 0.3) is 0 Å². The predicted molar refractivity (Wildman–Crippen MR) is 95.4 cm³/mol. The van der Waals surface area contributed by atoms with E-state index in [1.165, 1.54) is 0 Å². The predicted octanol–water partition coefficient (Wildman–Crippen LogP) is 3.29. The van der Waals surface area contributed by atoms with Gasteiger partial charge in [-0.2, -0.15) is 5.10 Å². The van der Waals surface area contributed by atoms with Crippen LogP contribution in [-0.2, 0) is 11.3 Å². The molecule has 1 amide bonds. The van der Waals surface area contributed by atoms with E-state index in [0.29, 0.717) is 0 Å². The molecule has 0 aromatic carbocycles. The number of aryl methyl sites for hydroxylation is 4. The number of amides is 1. The van der Waals surface area contributed by atoms with Crippen LogP contribution in [0, 0.1) is 27.7 Å². The largest absolute Gasteiger partial charge is 0.361 e. The molecule has 1 saturated heterocycles. The smallest absolute Gasteiger partial charge is 0.230 e. The molecule has 3 heterocycles. The third kappa shape index (κ3) is 3.48. The molecule has 3 rings (SSSR count). The molecule has 1 fully saturated rings. The zero-order valence-corrected chi connectivity index (χ0v) is 15.9. The van der Waals surface area contributed by atoms with Crippen LogP contribution in [0.15, 0.2) is 10.6 Å². The highest BCUT2D eigenvalue weighted by Gasteiger charge is 2.33. The van der Waals surface area contributed by atoms with Crippen molar-refractivity contribution in [1.82, 2.24) is 19.8 Å². The van der Waals surface area contributed by atoms with Crippen LogP contribution < -0.4 is 0 Å². The number of aromatic nitrogens is 3. The van der Waals surface area contributed by atoms with Gasteiger partial charge >= 0.3 is 0 Å². The van der Waals surface area contributed by atoms with Crippen LogP contribution >= 0.6 is 0 Å². The van der Waals surface area contributed by atoms with E-state index in [2.05, 4.69) is 28.1 Å². The average molecular weight is 344 g/mol. The Morgan fingerprint density at radius 3 is 2.68 bits per heavy atom. The van der Waals surface area contributed by atoms with Crippen molar-refractivity contribution >= 4 is 5.91 Å². The molecule has 0 saturated carbocycles. The summed E-state index contributed by atoms with van der Waals surface area (Å²) in [7, 11) is 0. The number of likely N-dealkylation sites (tertiary alicyclic amines) is 1. The lowest BCUT2D eigenvalue weighted by molar-refractivity contribution is -0.136. The van der Waals surface area contributed by atoms with Gasteiger partial charge in [-0.3, -0.25) is 9.48 Å². The monoisotopic (exact) mass is 344 g/mol. The summed E-state index contributed by atoms with van der Waals surface area (Å²) >= 11 is 0. The quantitative estimate of drug-likeness (QED) is 0.854. The van der Waals surface area contributed by atoms with Crippen LogP contribution in [0.3, 0.4) is 0 Å². The van der Waals surface area contributed by atoms with Crippen molar-refractivity contribution in [2.24, 2.45) is 0 Å². The minimum absolute atomic E-state index is 0.167. The maximum atomic E-state index is 13.2. The third-order valence-corrected chi connectivity index (χ3v) is 5.29. The SMILES string of the molecule is Cc1cc(C)n(C[C@@H]2CCCCN2C(=O)[C@H](C)c2c(C)noc2C)n1. The molecule has 1 aliphatic heterocycles. The van der Waals surface area contributed by atoms with Gasteiger partial charge in [0.2, 0.25) is 5.91 Å². The van der Waals surface area contributed by atoms with Crippen molar-refractivity contribution in [1.29, 1.82) is 0 Å². The molecule has 6 nitrogen and oxygen atoms in total. The molecule has 0 unspecified atom stereocenters. The Balaban J connectivity index is 1.80. The fourth-order valence-electron chi connectivity index (χ4n) is 4.02. The van der Waals surface area contributed by atoms with Crippen LogP contribution in [0.1, 0.15) is 60.5 Å². The number of hydrogen-bond donors (Lipinski definition) is 0. The van der Waals surface area contributed by atoms with Crippen molar-refractivity contribution in [3.8, 4) is 0 Å². The van der Waals surface area contributed by atoms with Crippen molar-refractivity contribution in [3.05, 3.63) is 34.5 Å². The van der Waals surface area contributed by atoms with Gasteiger partial charge in [0, 0.05) is 17.8 Å². The number of rotatable bonds is 4. The molecular weight excluding hydrogens is 316 g/mol. The first-order chi connectivity index (χ1) is 11.9. The molecule has 1 aliphatic rings. The van der Waals surface area contributed by atoms with Crippen molar-refractivity contribution in [3.63, 3.8) is 0 Å². The fourth-order valence-corrected chi connectivity index (χ4v) is 4.02. The number of nitrogens with zero attached hydrogens (tertiary/aromatic N) is 4. The topological polar surface area (TPSA) is 64.2 Å². The molecule has 136 valence electrons. The van der Waals surface area contributed by atoms with E-state index in [9.17, 15) is 4.79 Å². The summed E-state index contributed by atoms with van der Waals surface area (Å²) in [6.45, 7) is 11.4.